The molecule has 134 valence electrons. The van der Waals surface area contributed by atoms with Gasteiger partial charge >= 0.3 is 5.51 Å². The van der Waals surface area contributed by atoms with Gasteiger partial charge in [0.2, 0.25) is 0 Å². The summed E-state index contributed by atoms with van der Waals surface area (Å²) in [5, 5.41) is -0.397. The van der Waals surface area contributed by atoms with Crippen LogP contribution < -0.4 is 4.74 Å². The van der Waals surface area contributed by atoms with E-state index in [0.717, 1.165) is 0 Å². The Morgan fingerprint density at radius 2 is 1.92 bits per heavy atom. The minimum atomic E-state index is -4.53. The van der Waals surface area contributed by atoms with E-state index >= 15 is 0 Å². The molecule has 0 aliphatic carbocycles. The van der Waals surface area contributed by atoms with E-state index in [1.807, 2.05) is 0 Å². The summed E-state index contributed by atoms with van der Waals surface area (Å²) in [5.41, 5.74) is -4.66. The molecule has 0 saturated carbocycles. The molecule has 0 bridgehead atoms. The third-order valence-corrected chi connectivity index (χ3v) is 3.82. The van der Waals surface area contributed by atoms with Crippen LogP contribution in [-0.4, -0.2) is 41.5 Å². The fourth-order valence-electron chi connectivity index (χ4n) is 1.88. The average molecular weight is 374 g/mol. The first kappa shape index (κ1) is 19.0. The van der Waals surface area contributed by atoms with Gasteiger partial charge in [-0.25, -0.2) is 9.37 Å². The summed E-state index contributed by atoms with van der Waals surface area (Å²) in [7, 11) is 1.45. The number of thioether (sulfide) groups is 1. The van der Waals surface area contributed by atoms with Crippen molar-refractivity contribution in [3.8, 4) is 5.75 Å². The Labute approximate surface area is 145 Å². The van der Waals surface area contributed by atoms with Crippen molar-refractivity contribution in [2.45, 2.75) is 10.5 Å². The molecule has 1 amide bonds. The number of amides is 1. The first-order chi connectivity index (χ1) is 11.8. The Kier molecular flexibility index (Phi) is 6.24. The summed E-state index contributed by atoms with van der Waals surface area (Å²) >= 11 is -0.430. The van der Waals surface area contributed by atoms with Crippen molar-refractivity contribution < 1.29 is 27.1 Å². The maximum atomic E-state index is 12.8. The molecule has 0 radical (unpaired) electrons. The van der Waals surface area contributed by atoms with E-state index in [4.69, 9.17) is 4.74 Å². The quantitative estimate of drug-likeness (QED) is 0.567. The molecule has 0 spiro atoms. The molecule has 1 heterocycles. The molecule has 0 fully saturated rings. The molecular weight excluding hydrogens is 360 g/mol. The number of pyridine rings is 1. The molecule has 0 unspecified atom stereocenters. The molecule has 0 aliphatic heterocycles. The monoisotopic (exact) mass is 374 g/mol. The van der Waals surface area contributed by atoms with Crippen LogP contribution in [0.5, 0.6) is 5.75 Å². The zero-order chi connectivity index (χ0) is 18.4. The summed E-state index contributed by atoms with van der Waals surface area (Å²) in [4.78, 5) is 17.2. The Balaban J connectivity index is 1.96. The van der Waals surface area contributed by atoms with Crippen LogP contribution in [0.1, 0.15) is 10.4 Å². The highest BCUT2D eigenvalue weighted by atomic mass is 32.2. The Bertz CT molecular complexity index is 723. The van der Waals surface area contributed by atoms with Crippen molar-refractivity contribution in [2.24, 2.45) is 0 Å². The van der Waals surface area contributed by atoms with Gasteiger partial charge in [0.15, 0.2) is 0 Å². The van der Waals surface area contributed by atoms with Crippen LogP contribution in [0.2, 0.25) is 0 Å². The molecule has 4 nitrogen and oxygen atoms in total. The maximum absolute atomic E-state index is 12.8. The third-order valence-electron chi connectivity index (χ3n) is 3.07. The molecule has 0 aliphatic rings. The fraction of sp³-hybridized carbons (Fsp3) is 0.250. The summed E-state index contributed by atoms with van der Waals surface area (Å²) in [6, 6.07) is 8.05. The fourth-order valence-corrected chi connectivity index (χ4v) is 2.48. The molecule has 0 N–H and O–H groups in total. The van der Waals surface area contributed by atoms with Crippen molar-refractivity contribution in [2.75, 3.05) is 20.2 Å². The lowest BCUT2D eigenvalue weighted by Gasteiger charge is -2.19. The van der Waals surface area contributed by atoms with Crippen molar-refractivity contribution in [3.05, 3.63) is 54.0 Å². The van der Waals surface area contributed by atoms with Crippen molar-refractivity contribution >= 4 is 17.7 Å². The minimum Gasteiger partial charge on any atom is -0.492 e. The number of benzene rings is 1. The lowest BCUT2D eigenvalue weighted by atomic mass is 10.2. The number of halogens is 4. The molecule has 2 rings (SSSR count). The topological polar surface area (TPSA) is 42.4 Å². The van der Waals surface area contributed by atoms with Crippen LogP contribution in [-0.2, 0) is 0 Å². The number of ether oxygens (including phenoxy) is 1. The molecule has 1 aromatic carbocycles. The number of carbonyl (C=O) groups excluding carboxylic acids is 1. The minimum absolute atomic E-state index is 0.107. The van der Waals surface area contributed by atoms with Gasteiger partial charge in [0.05, 0.1) is 12.1 Å². The van der Waals surface area contributed by atoms with Gasteiger partial charge in [-0.2, -0.15) is 13.2 Å². The van der Waals surface area contributed by atoms with Crippen LogP contribution in [0.15, 0.2) is 47.6 Å². The van der Waals surface area contributed by atoms with Crippen molar-refractivity contribution in [1.82, 2.24) is 9.88 Å². The second-order valence-corrected chi connectivity index (χ2v) is 5.99. The third kappa shape index (κ3) is 5.93. The number of rotatable bonds is 6. The van der Waals surface area contributed by atoms with Crippen LogP contribution in [0, 0.1) is 5.82 Å². The van der Waals surface area contributed by atoms with Gasteiger partial charge in [0, 0.05) is 25.0 Å². The molecule has 2 aromatic rings. The van der Waals surface area contributed by atoms with Crippen LogP contribution in [0.25, 0.3) is 0 Å². The van der Waals surface area contributed by atoms with Crippen molar-refractivity contribution in [3.63, 3.8) is 0 Å². The first-order valence-corrected chi connectivity index (χ1v) is 7.92. The second kappa shape index (κ2) is 8.19. The van der Waals surface area contributed by atoms with E-state index in [1.54, 1.807) is 0 Å². The van der Waals surface area contributed by atoms with Crippen LogP contribution in [0.4, 0.5) is 17.6 Å². The van der Waals surface area contributed by atoms with E-state index < -0.39 is 34.0 Å². The van der Waals surface area contributed by atoms with E-state index in [2.05, 4.69) is 4.98 Å². The highest BCUT2D eigenvalue weighted by Gasteiger charge is 2.32. The first-order valence-electron chi connectivity index (χ1n) is 7.11. The van der Waals surface area contributed by atoms with Gasteiger partial charge in [-0.15, -0.1) is 0 Å². The van der Waals surface area contributed by atoms with Gasteiger partial charge in [-0.3, -0.25) is 4.79 Å². The predicted molar refractivity (Wildman–Crippen MR) is 85.0 cm³/mol. The van der Waals surface area contributed by atoms with E-state index in [1.165, 1.54) is 54.5 Å². The summed E-state index contributed by atoms with van der Waals surface area (Å²) < 4.78 is 55.8. The average Bonchev–Trinajstić information content (AvgIpc) is 2.55. The standard InChI is InChI=1S/C16H14F4N2O2S/c1-22(9-10-24-12-6-4-11(17)5-7-12)15(23)13-3-2-8-21-14(13)25-16(18,19)20/h2-8H,9-10H2,1H3. The maximum Gasteiger partial charge on any atom is 0.447 e. The lowest BCUT2D eigenvalue weighted by molar-refractivity contribution is -0.0329. The predicted octanol–water partition coefficient (Wildman–Crippen LogP) is 3.98. The number of hydrogen-bond donors (Lipinski definition) is 0. The van der Waals surface area contributed by atoms with Gasteiger partial charge in [0.1, 0.15) is 23.2 Å². The van der Waals surface area contributed by atoms with Crippen LogP contribution in [0.3, 0.4) is 0 Å². The number of alkyl halides is 3. The summed E-state index contributed by atoms with van der Waals surface area (Å²) in [6.07, 6.45) is 1.20. The van der Waals surface area contributed by atoms with Gasteiger partial charge in [0.25, 0.3) is 5.91 Å². The van der Waals surface area contributed by atoms with Crippen LogP contribution >= 0.6 is 11.8 Å². The van der Waals surface area contributed by atoms with Gasteiger partial charge in [-0.05, 0) is 36.4 Å². The highest BCUT2D eigenvalue weighted by Crippen LogP contribution is 2.37. The molecule has 0 atom stereocenters. The van der Waals surface area contributed by atoms with E-state index in [9.17, 15) is 22.4 Å². The van der Waals surface area contributed by atoms with Gasteiger partial charge < -0.3 is 9.64 Å². The highest BCUT2D eigenvalue weighted by molar-refractivity contribution is 8.00. The summed E-state index contributed by atoms with van der Waals surface area (Å²) in [5.74, 6) is -0.564. The lowest BCUT2D eigenvalue weighted by Crippen LogP contribution is -2.31. The van der Waals surface area contributed by atoms with E-state index in [0.29, 0.717) is 5.75 Å². The van der Waals surface area contributed by atoms with Crippen molar-refractivity contribution in [1.29, 1.82) is 0 Å². The van der Waals surface area contributed by atoms with E-state index in [-0.39, 0.29) is 18.7 Å². The number of hydrogen-bond acceptors (Lipinski definition) is 4. The Morgan fingerprint density at radius 1 is 1.24 bits per heavy atom. The zero-order valence-corrected chi connectivity index (χ0v) is 13.9. The molecular formula is C16H14F4N2O2S. The zero-order valence-electron chi connectivity index (χ0n) is 13.1. The Morgan fingerprint density at radius 3 is 2.56 bits per heavy atom. The number of likely N-dealkylation sites (N-methyl/N-ethyl adjacent to an activating group) is 1. The summed E-state index contributed by atoms with van der Waals surface area (Å²) in [6.45, 7) is 0.247. The second-order valence-electron chi connectivity index (χ2n) is 4.93. The molecule has 9 heteroatoms. The largest absolute Gasteiger partial charge is 0.492 e. The van der Waals surface area contributed by atoms with Gasteiger partial charge in [-0.1, -0.05) is 0 Å². The normalized spacial score (nSPS) is 11.2. The molecule has 0 saturated heterocycles. The number of nitrogens with zero attached hydrogens (tertiary/aromatic N) is 2. The Hall–Kier alpha value is -2.29. The SMILES string of the molecule is CN(CCOc1ccc(F)cc1)C(=O)c1cccnc1SC(F)(F)F. The molecule has 1 aromatic heterocycles. The smallest absolute Gasteiger partial charge is 0.447 e. The number of aromatic nitrogens is 1. The number of carbonyl (C=O) groups is 1. The molecule has 25 heavy (non-hydrogen) atoms.